The Bertz CT molecular complexity index is 1070. The van der Waals surface area contributed by atoms with E-state index in [1.54, 1.807) is 24.3 Å². The van der Waals surface area contributed by atoms with Gasteiger partial charge in [0.1, 0.15) is 18.3 Å². The maximum atomic E-state index is 12.8. The molecule has 0 radical (unpaired) electrons. The summed E-state index contributed by atoms with van der Waals surface area (Å²) in [5.74, 6) is 0. The lowest BCUT2D eigenvalue weighted by Gasteiger charge is -2.18. The van der Waals surface area contributed by atoms with E-state index in [1.165, 1.54) is 0 Å². The molecule has 1 aliphatic heterocycles. The van der Waals surface area contributed by atoms with Crippen LogP contribution in [0.25, 0.3) is 0 Å². The number of benzene rings is 1. The highest BCUT2D eigenvalue weighted by Gasteiger charge is 2.45. The Morgan fingerprint density at radius 1 is 1.17 bits per heavy atom. The molecule has 3 rings (SSSR count). The molecule has 0 amide bonds. The second kappa shape index (κ2) is 9.13. The second-order valence-electron chi connectivity index (χ2n) is 6.71. The van der Waals surface area contributed by atoms with Crippen molar-refractivity contribution in [1.82, 2.24) is 9.13 Å². The summed E-state index contributed by atoms with van der Waals surface area (Å²) in [5.41, 5.74) is -0.531. The molecule has 1 aliphatic rings. The first-order valence-electron chi connectivity index (χ1n) is 8.85. The highest BCUT2D eigenvalue weighted by atomic mass is 35.5. The quantitative estimate of drug-likeness (QED) is 0.402. The van der Waals surface area contributed by atoms with Crippen molar-refractivity contribution < 1.29 is 33.8 Å². The third kappa shape index (κ3) is 5.26. The smallest absolute Gasteiger partial charge is 0.387 e. The lowest BCUT2D eigenvalue weighted by atomic mass is 10.1. The molecular formula is C17H20ClN2O9P. The fourth-order valence-electron chi connectivity index (χ4n) is 3.13. The molecular weight excluding hydrogens is 443 g/mol. The predicted molar refractivity (Wildman–Crippen MR) is 104 cm³/mol. The second-order valence-corrected chi connectivity index (χ2v) is 8.38. The monoisotopic (exact) mass is 462 g/mol. The Balaban J connectivity index is 1.81. The minimum absolute atomic E-state index is 0.0367. The van der Waals surface area contributed by atoms with Gasteiger partial charge in [-0.2, -0.15) is 0 Å². The number of hydrogen-bond acceptors (Lipinski definition) is 7. The summed E-state index contributed by atoms with van der Waals surface area (Å²) in [4.78, 5) is 42.6. The highest BCUT2D eigenvalue weighted by molar-refractivity contribution is 7.46. The molecule has 164 valence electrons. The molecule has 1 aromatic carbocycles. The molecule has 13 heteroatoms. The zero-order chi connectivity index (χ0) is 22.1. The van der Waals surface area contributed by atoms with Crippen LogP contribution in [0.15, 0.2) is 46.1 Å². The molecule has 0 saturated carbocycles. The number of phosphoric ester groups is 1. The lowest BCUT2D eigenvalue weighted by molar-refractivity contribution is -0.0548. The third-order valence-corrected chi connectivity index (χ3v) is 5.35. The molecule has 2 heterocycles. The first kappa shape index (κ1) is 22.9. The van der Waals surface area contributed by atoms with Crippen LogP contribution in [0.1, 0.15) is 11.8 Å². The minimum atomic E-state index is -4.82. The largest absolute Gasteiger partial charge is 0.469 e. The van der Waals surface area contributed by atoms with Gasteiger partial charge in [-0.3, -0.25) is 18.5 Å². The molecule has 0 spiro atoms. The van der Waals surface area contributed by atoms with Crippen molar-refractivity contribution in [3.05, 3.63) is 68.0 Å². The molecule has 2 aromatic rings. The number of aromatic nitrogens is 2. The summed E-state index contributed by atoms with van der Waals surface area (Å²) in [5, 5.41) is 20.8. The van der Waals surface area contributed by atoms with Crippen LogP contribution in [0, 0.1) is 0 Å². The van der Waals surface area contributed by atoms with E-state index in [0.29, 0.717) is 11.4 Å². The average Bonchev–Trinajstić information content (AvgIpc) is 2.94. The molecule has 1 fully saturated rings. The van der Waals surface area contributed by atoms with E-state index in [4.69, 9.17) is 26.1 Å². The number of aliphatic hydroxyl groups excluding tert-OH is 2. The van der Waals surface area contributed by atoms with Gasteiger partial charge in [0, 0.05) is 23.8 Å². The maximum absolute atomic E-state index is 12.8. The number of aliphatic hydroxyl groups is 2. The van der Waals surface area contributed by atoms with E-state index in [-0.39, 0.29) is 6.54 Å². The molecule has 4 N–H and O–H groups in total. The van der Waals surface area contributed by atoms with Crippen LogP contribution in [0.2, 0.25) is 5.02 Å². The van der Waals surface area contributed by atoms with Crippen LogP contribution >= 0.6 is 19.4 Å². The SMILES string of the molecule is O=c1ccn([C@@H]2O[C@H](COP(=O)(O)O)[C@H](O)[C@@H]2O)c(=O)n1CCc1cccc(Cl)c1. The van der Waals surface area contributed by atoms with Crippen LogP contribution in [0.3, 0.4) is 0 Å². The van der Waals surface area contributed by atoms with E-state index in [2.05, 4.69) is 4.52 Å². The molecule has 0 aliphatic carbocycles. The van der Waals surface area contributed by atoms with E-state index in [9.17, 15) is 24.4 Å². The Kier molecular flexibility index (Phi) is 6.95. The van der Waals surface area contributed by atoms with E-state index >= 15 is 0 Å². The maximum Gasteiger partial charge on any atom is 0.469 e. The molecule has 4 atom stereocenters. The van der Waals surface area contributed by atoms with Gasteiger partial charge in [0.05, 0.1) is 6.61 Å². The highest BCUT2D eigenvalue weighted by Crippen LogP contribution is 2.38. The number of phosphoric acid groups is 1. The average molecular weight is 463 g/mol. The summed E-state index contributed by atoms with van der Waals surface area (Å²) < 4.78 is 22.4. The van der Waals surface area contributed by atoms with Crippen LogP contribution < -0.4 is 11.2 Å². The number of ether oxygens (including phenoxy) is 1. The molecule has 0 unspecified atom stereocenters. The van der Waals surface area contributed by atoms with Gasteiger partial charge in [-0.15, -0.1) is 0 Å². The Morgan fingerprint density at radius 2 is 1.90 bits per heavy atom. The van der Waals surface area contributed by atoms with Gasteiger partial charge < -0.3 is 24.7 Å². The fraction of sp³-hybridized carbons (Fsp3) is 0.412. The summed E-state index contributed by atoms with van der Waals surface area (Å²) in [6, 6.07) is 8.06. The Hall–Kier alpha value is -1.82. The molecule has 1 saturated heterocycles. The standard InChI is InChI=1S/C17H20ClN2O9P/c18-11-3-1-2-10(8-11)4-6-19-13(21)5-7-20(17(19)24)16-15(23)14(22)12(29-16)9-28-30(25,26)27/h1-3,5,7-8,12,14-16,22-23H,4,6,9H2,(H2,25,26,27)/t12-,14+,15+,16-/m1/s1. The summed E-state index contributed by atoms with van der Waals surface area (Å²) in [7, 11) is -4.82. The topological polar surface area (TPSA) is 160 Å². The number of rotatable bonds is 7. The van der Waals surface area contributed by atoms with E-state index < -0.39 is 50.2 Å². The van der Waals surface area contributed by atoms with Gasteiger partial charge in [0.25, 0.3) is 5.56 Å². The van der Waals surface area contributed by atoms with Crippen molar-refractivity contribution >= 4 is 19.4 Å². The fourth-order valence-corrected chi connectivity index (χ4v) is 3.69. The van der Waals surface area contributed by atoms with Crippen LogP contribution in [0.5, 0.6) is 0 Å². The third-order valence-electron chi connectivity index (χ3n) is 4.63. The summed E-state index contributed by atoms with van der Waals surface area (Å²) in [6.07, 6.45) is -4.37. The van der Waals surface area contributed by atoms with Crippen molar-refractivity contribution in [3.8, 4) is 0 Å². The van der Waals surface area contributed by atoms with Crippen LogP contribution in [-0.4, -0.2) is 54.1 Å². The van der Waals surface area contributed by atoms with Crippen molar-refractivity contribution in [1.29, 1.82) is 0 Å². The minimum Gasteiger partial charge on any atom is -0.387 e. The number of aryl methyl sites for hydroxylation is 1. The molecule has 0 bridgehead atoms. The summed E-state index contributed by atoms with van der Waals surface area (Å²) >= 11 is 5.94. The van der Waals surface area contributed by atoms with Gasteiger partial charge in [0.2, 0.25) is 0 Å². The molecule has 1 aromatic heterocycles. The van der Waals surface area contributed by atoms with Crippen LogP contribution in [0.4, 0.5) is 0 Å². The van der Waals surface area contributed by atoms with Gasteiger partial charge in [-0.05, 0) is 24.1 Å². The first-order chi connectivity index (χ1) is 14.1. The van der Waals surface area contributed by atoms with Crippen molar-refractivity contribution in [2.75, 3.05) is 6.61 Å². The zero-order valence-corrected chi connectivity index (χ0v) is 17.1. The van der Waals surface area contributed by atoms with Crippen LogP contribution in [-0.2, 0) is 26.8 Å². The van der Waals surface area contributed by atoms with Crippen molar-refractivity contribution in [2.24, 2.45) is 0 Å². The Morgan fingerprint density at radius 3 is 2.57 bits per heavy atom. The lowest BCUT2D eigenvalue weighted by Crippen LogP contribution is -2.43. The van der Waals surface area contributed by atoms with Crippen molar-refractivity contribution in [3.63, 3.8) is 0 Å². The number of hydrogen-bond donors (Lipinski definition) is 4. The summed E-state index contributed by atoms with van der Waals surface area (Å²) in [6.45, 7) is -0.670. The van der Waals surface area contributed by atoms with E-state index in [0.717, 1.165) is 27.0 Å². The normalized spacial score (nSPS) is 24.3. The Labute approximate surface area is 174 Å². The van der Waals surface area contributed by atoms with Gasteiger partial charge in [0.15, 0.2) is 6.23 Å². The predicted octanol–water partition coefficient (Wildman–Crippen LogP) is -0.365. The number of halogens is 1. The van der Waals surface area contributed by atoms with E-state index in [1.807, 2.05) is 0 Å². The molecule has 11 nitrogen and oxygen atoms in total. The van der Waals surface area contributed by atoms with Gasteiger partial charge >= 0.3 is 13.5 Å². The number of nitrogens with zero attached hydrogens (tertiary/aromatic N) is 2. The molecule has 30 heavy (non-hydrogen) atoms. The first-order valence-corrected chi connectivity index (χ1v) is 10.8. The van der Waals surface area contributed by atoms with Crippen molar-refractivity contribution in [2.45, 2.75) is 37.5 Å². The zero-order valence-electron chi connectivity index (χ0n) is 15.4. The van der Waals surface area contributed by atoms with Gasteiger partial charge in [-0.25, -0.2) is 9.36 Å². The van der Waals surface area contributed by atoms with Gasteiger partial charge in [-0.1, -0.05) is 23.7 Å².